The molecule has 0 aliphatic carbocycles. The van der Waals surface area contributed by atoms with E-state index in [2.05, 4.69) is 48.9 Å². The van der Waals surface area contributed by atoms with E-state index in [9.17, 15) is 31.6 Å². The van der Waals surface area contributed by atoms with Crippen molar-refractivity contribution >= 4 is 212 Å². The Morgan fingerprint density at radius 3 is 0.731 bits per heavy atom. The van der Waals surface area contributed by atoms with Gasteiger partial charge in [-0.05, 0) is 12.5 Å². The average molecular weight is 1010 g/mol. The van der Waals surface area contributed by atoms with Gasteiger partial charge in [0.05, 0.1) is 50.8 Å². The second kappa shape index (κ2) is 20.5. The standard InChI is InChI=1S/C28H10N6S18/c1-35-17-19(49-26(47-17)23-41-11(3-29)12(4-30)42-23)37-9-39-21-22(52-28(51-21)25-45-15(7-33)16(8-34)46-25)40-10-38-20-18(36-2)48-27(50-20)24-43-13(5-31)14(6-32)44-24/h9-10H2,1-2H3. The van der Waals surface area contributed by atoms with Crippen molar-refractivity contribution in [1.29, 1.82) is 31.6 Å². The van der Waals surface area contributed by atoms with E-state index in [1.54, 1.807) is 141 Å². The molecule has 0 amide bonds. The van der Waals surface area contributed by atoms with E-state index >= 15 is 0 Å². The molecule has 0 radical (unpaired) electrons. The van der Waals surface area contributed by atoms with Crippen molar-refractivity contribution in [2.75, 3.05) is 22.7 Å². The van der Waals surface area contributed by atoms with Crippen LogP contribution < -0.4 is 0 Å². The number of hydrogen-bond acceptors (Lipinski definition) is 24. The number of thioether (sulfide) groups is 18. The largest absolute Gasteiger partial charge is 0.192 e. The highest BCUT2D eigenvalue weighted by molar-refractivity contribution is 8.47. The number of nitriles is 6. The van der Waals surface area contributed by atoms with Gasteiger partial charge in [0, 0.05) is 10.2 Å². The predicted octanol–water partition coefficient (Wildman–Crippen LogP) is 15.0. The van der Waals surface area contributed by atoms with Gasteiger partial charge in [-0.2, -0.15) is 31.6 Å². The summed E-state index contributed by atoms with van der Waals surface area (Å²) in [7, 11) is 0. The number of allylic oxidation sites excluding steroid dienone is 6. The summed E-state index contributed by atoms with van der Waals surface area (Å²) in [5, 5.41) is 58.5. The molecule has 6 heterocycles. The molecule has 260 valence electrons. The van der Waals surface area contributed by atoms with E-state index < -0.39 is 0 Å². The Kier molecular flexibility index (Phi) is 16.8. The lowest BCUT2D eigenvalue weighted by atomic mass is 10.5. The molecule has 0 spiro atoms. The summed E-state index contributed by atoms with van der Waals surface area (Å²) in [5.74, 6) is 0. The van der Waals surface area contributed by atoms with Crippen LogP contribution >= 0.6 is 212 Å². The van der Waals surface area contributed by atoms with E-state index in [1.807, 2.05) is 0 Å². The summed E-state index contributed by atoms with van der Waals surface area (Å²) < 4.78 is 13.5. The maximum atomic E-state index is 9.59. The third-order valence-corrected chi connectivity index (χ3v) is 31.0. The molecule has 0 aromatic heterocycles. The summed E-state index contributed by atoms with van der Waals surface area (Å²) in [6, 6.07) is 12.9. The first-order valence-corrected chi connectivity index (χ1v) is 29.4. The van der Waals surface area contributed by atoms with Gasteiger partial charge in [-0.1, -0.05) is 141 Å². The van der Waals surface area contributed by atoms with Crippen LogP contribution in [0.5, 0.6) is 0 Å². The lowest BCUT2D eigenvalue weighted by Crippen LogP contribution is -1.77. The second-order valence-corrected chi connectivity index (χ2v) is 30.2. The Morgan fingerprint density at radius 2 is 0.519 bits per heavy atom. The molecule has 0 fully saturated rings. The molecule has 52 heavy (non-hydrogen) atoms. The maximum absolute atomic E-state index is 9.59. The highest BCUT2D eigenvalue weighted by Crippen LogP contribution is 2.68. The van der Waals surface area contributed by atoms with Gasteiger partial charge >= 0.3 is 0 Å². The Balaban J connectivity index is 1.13. The predicted molar refractivity (Wildman–Crippen MR) is 255 cm³/mol. The van der Waals surface area contributed by atoms with Crippen molar-refractivity contribution in [3.63, 3.8) is 0 Å². The summed E-state index contributed by atoms with van der Waals surface area (Å²) in [6.07, 6.45) is 4.14. The van der Waals surface area contributed by atoms with E-state index in [0.717, 1.165) is 35.6 Å². The van der Waals surface area contributed by atoms with Gasteiger partial charge in [-0.3, -0.25) is 0 Å². The van der Waals surface area contributed by atoms with E-state index in [0.29, 0.717) is 29.4 Å². The zero-order chi connectivity index (χ0) is 36.8. The van der Waals surface area contributed by atoms with Crippen LogP contribution in [0.15, 0.2) is 80.3 Å². The molecule has 0 aromatic rings. The number of rotatable bonds is 10. The van der Waals surface area contributed by atoms with E-state index in [1.165, 1.54) is 96.0 Å². The molecule has 6 nitrogen and oxygen atoms in total. The molecule has 0 N–H and O–H groups in total. The Morgan fingerprint density at radius 1 is 0.327 bits per heavy atom. The average Bonchev–Trinajstić information content (AvgIpc) is 4.02. The summed E-state index contributed by atoms with van der Waals surface area (Å²) in [6.45, 7) is 0. The minimum absolute atomic E-state index is 0.446. The van der Waals surface area contributed by atoms with Crippen LogP contribution in [0.1, 0.15) is 0 Å². The first-order valence-electron chi connectivity index (χ1n) is 13.2. The van der Waals surface area contributed by atoms with Gasteiger partial charge in [0.15, 0.2) is 0 Å². The molecular formula is C28H10N6S18. The molecule has 0 saturated carbocycles. The minimum atomic E-state index is 0.446. The zero-order valence-electron chi connectivity index (χ0n) is 25.4. The first kappa shape index (κ1) is 42.5. The van der Waals surface area contributed by atoms with Gasteiger partial charge in [0.2, 0.25) is 0 Å². The monoisotopic (exact) mass is 1010 g/mol. The van der Waals surface area contributed by atoms with Crippen LogP contribution in [0.25, 0.3) is 0 Å². The van der Waals surface area contributed by atoms with Crippen molar-refractivity contribution in [2.45, 2.75) is 0 Å². The summed E-state index contributed by atoms with van der Waals surface area (Å²) >= 11 is 29.1. The fourth-order valence-corrected chi connectivity index (χ4v) is 28.7. The molecule has 0 aromatic carbocycles. The lowest BCUT2D eigenvalue weighted by molar-refractivity contribution is 1.50. The van der Waals surface area contributed by atoms with Gasteiger partial charge in [0.1, 0.15) is 65.8 Å². The Bertz CT molecular complexity index is 1990. The van der Waals surface area contributed by atoms with Gasteiger partial charge < -0.3 is 0 Å². The van der Waals surface area contributed by atoms with Crippen molar-refractivity contribution in [1.82, 2.24) is 0 Å². The second-order valence-electron chi connectivity index (χ2n) is 8.54. The Hall–Kier alpha value is 0.900. The van der Waals surface area contributed by atoms with Crippen molar-refractivity contribution in [3.05, 3.63) is 80.3 Å². The third-order valence-electron chi connectivity index (χ3n) is 5.64. The Labute approximate surface area is 377 Å². The zero-order valence-corrected chi connectivity index (χ0v) is 40.1. The minimum Gasteiger partial charge on any atom is -0.192 e. The number of hydrogen-bond donors (Lipinski definition) is 0. The SMILES string of the molecule is CSC1=C(SCSC2=C(SCSC3=C(SC)SC(=C4SC(C#N)=C(C#N)S4)S3)SC(=C3SC(C#N)=C(C#N)S3)S2)SC(=C2SC(C#N)=C(C#N)S2)S1. The molecule has 6 aliphatic rings. The van der Waals surface area contributed by atoms with Gasteiger partial charge in [0.25, 0.3) is 0 Å². The fraction of sp³-hybridized carbons (Fsp3) is 0.143. The number of nitrogens with zero attached hydrogens (tertiary/aromatic N) is 6. The van der Waals surface area contributed by atoms with Crippen LogP contribution in [0.3, 0.4) is 0 Å². The highest BCUT2D eigenvalue weighted by Gasteiger charge is 2.34. The topological polar surface area (TPSA) is 143 Å². The molecule has 24 heteroatoms. The third kappa shape index (κ3) is 9.94. The fourth-order valence-electron chi connectivity index (χ4n) is 3.53. The smallest absolute Gasteiger partial charge is 0.115 e. The van der Waals surface area contributed by atoms with Gasteiger partial charge in [-0.15, -0.1) is 70.6 Å². The van der Waals surface area contributed by atoms with Crippen LogP contribution in [-0.2, 0) is 0 Å². The van der Waals surface area contributed by atoms with Gasteiger partial charge in [-0.25, -0.2) is 0 Å². The maximum Gasteiger partial charge on any atom is 0.115 e. The van der Waals surface area contributed by atoms with Crippen molar-refractivity contribution in [3.8, 4) is 36.4 Å². The van der Waals surface area contributed by atoms with Crippen LogP contribution in [-0.4, -0.2) is 22.7 Å². The quantitative estimate of drug-likeness (QED) is 0.191. The molecule has 6 aliphatic heterocycles. The van der Waals surface area contributed by atoms with E-state index in [4.69, 9.17) is 0 Å². The lowest BCUT2D eigenvalue weighted by Gasteiger charge is -2.07. The molecule has 6 rings (SSSR count). The molecule has 0 saturated heterocycles. The summed E-state index contributed by atoms with van der Waals surface area (Å²) in [5.41, 5.74) is 0. The van der Waals surface area contributed by atoms with Crippen LogP contribution in [0.2, 0.25) is 0 Å². The molecular weight excluding hydrogens is 998 g/mol. The molecule has 0 unspecified atom stereocenters. The van der Waals surface area contributed by atoms with Crippen LogP contribution in [0, 0.1) is 68.0 Å². The first-order chi connectivity index (χ1) is 25.4. The summed E-state index contributed by atoms with van der Waals surface area (Å²) in [4.78, 5) is 2.74. The molecule has 0 atom stereocenters. The van der Waals surface area contributed by atoms with Crippen molar-refractivity contribution in [2.24, 2.45) is 0 Å². The van der Waals surface area contributed by atoms with Crippen molar-refractivity contribution < 1.29 is 0 Å². The molecule has 0 bridgehead atoms. The normalized spacial score (nSPS) is 20.5. The van der Waals surface area contributed by atoms with E-state index in [-0.39, 0.29) is 0 Å². The highest BCUT2D eigenvalue weighted by atomic mass is 32.3. The van der Waals surface area contributed by atoms with Crippen LogP contribution in [0.4, 0.5) is 0 Å².